The summed E-state index contributed by atoms with van der Waals surface area (Å²) < 4.78 is 0. The van der Waals surface area contributed by atoms with Crippen LogP contribution in [0.2, 0.25) is 0 Å². The molecule has 0 radical (unpaired) electrons. The number of carbonyl (C=O) groups is 2. The molecular weight excluding hydrogens is 256 g/mol. The van der Waals surface area contributed by atoms with Crippen LogP contribution in [0.4, 0.5) is 4.79 Å². The summed E-state index contributed by atoms with van der Waals surface area (Å²) >= 11 is 0. The van der Waals surface area contributed by atoms with Gasteiger partial charge in [0.2, 0.25) is 0 Å². The number of hydrogen-bond acceptors (Lipinski definition) is 2. The van der Waals surface area contributed by atoms with E-state index in [1.807, 2.05) is 0 Å². The molecule has 0 aromatic rings. The van der Waals surface area contributed by atoms with E-state index in [0.29, 0.717) is 24.8 Å². The molecule has 5 nitrogen and oxygen atoms in total. The largest absolute Gasteiger partial charge is 0.481 e. The van der Waals surface area contributed by atoms with Gasteiger partial charge in [0, 0.05) is 12.6 Å². The van der Waals surface area contributed by atoms with Gasteiger partial charge in [-0.05, 0) is 31.6 Å². The second kappa shape index (κ2) is 6.46. The SMILES string of the molecule is CCCC1CC1NC(=O)NCC1(C(=O)O)CCCCC1. The Balaban J connectivity index is 1.75. The molecule has 0 aliphatic heterocycles. The minimum absolute atomic E-state index is 0.209. The fourth-order valence-electron chi connectivity index (χ4n) is 3.28. The number of carboxylic acid groups (broad SMARTS) is 1. The van der Waals surface area contributed by atoms with E-state index in [1.54, 1.807) is 0 Å². The van der Waals surface area contributed by atoms with Crippen LogP contribution in [0.5, 0.6) is 0 Å². The van der Waals surface area contributed by atoms with Crippen molar-refractivity contribution in [1.29, 1.82) is 0 Å². The summed E-state index contributed by atoms with van der Waals surface area (Å²) in [6.45, 7) is 2.40. The van der Waals surface area contributed by atoms with Crippen LogP contribution in [-0.2, 0) is 4.79 Å². The molecule has 114 valence electrons. The predicted octanol–water partition coefficient (Wildman–Crippen LogP) is 2.51. The summed E-state index contributed by atoms with van der Waals surface area (Å²) in [6.07, 6.45) is 7.69. The fourth-order valence-corrected chi connectivity index (χ4v) is 3.28. The molecule has 0 heterocycles. The van der Waals surface area contributed by atoms with Crippen LogP contribution in [0.15, 0.2) is 0 Å². The van der Waals surface area contributed by atoms with Crippen molar-refractivity contribution >= 4 is 12.0 Å². The van der Waals surface area contributed by atoms with E-state index in [4.69, 9.17) is 0 Å². The average Bonchev–Trinajstić information content (AvgIpc) is 3.15. The first-order chi connectivity index (χ1) is 9.57. The standard InChI is InChI=1S/C15H26N2O3/c1-2-6-11-9-12(11)17-14(20)16-10-15(13(18)19)7-4-3-5-8-15/h11-12H,2-10H2,1H3,(H,18,19)(H2,16,17,20). The number of amides is 2. The summed E-state index contributed by atoms with van der Waals surface area (Å²) in [7, 11) is 0. The van der Waals surface area contributed by atoms with E-state index in [2.05, 4.69) is 17.6 Å². The molecule has 3 N–H and O–H groups in total. The molecule has 0 bridgehead atoms. The molecule has 20 heavy (non-hydrogen) atoms. The second-order valence-corrected chi connectivity index (χ2v) is 6.36. The molecule has 2 saturated carbocycles. The quantitative estimate of drug-likeness (QED) is 0.700. The Morgan fingerprint density at radius 3 is 2.55 bits per heavy atom. The van der Waals surface area contributed by atoms with E-state index < -0.39 is 11.4 Å². The van der Waals surface area contributed by atoms with Gasteiger partial charge in [0.25, 0.3) is 0 Å². The Morgan fingerprint density at radius 2 is 1.95 bits per heavy atom. The van der Waals surface area contributed by atoms with E-state index in [9.17, 15) is 14.7 Å². The van der Waals surface area contributed by atoms with E-state index in [0.717, 1.165) is 38.5 Å². The number of carbonyl (C=O) groups excluding carboxylic acids is 1. The van der Waals surface area contributed by atoms with Crippen LogP contribution < -0.4 is 10.6 Å². The monoisotopic (exact) mass is 282 g/mol. The van der Waals surface area contributed by atoms with Crippen molar-refractivity contribution in [2.24, 2.45) is 11.3 Å². The van der Waals surface area contributed by atoms with E-state index >= 15 is 0 Å². The van der Waals surface area contributed by atoms with Gasteiger partial charge in [-0.25, -0.2) is 4.79 Å². The molecule has 5 heteroatoms. The number of rotatable bonds is 6. The molecule has 2 rings (SSSR count). The highest BCUT2D eigenvalue weighted by molar-refractivity contribution is 5.78. The Labute approximate surface area is 120 Å². The number of hydrogen-bond donors (Lipinski definition) is 3. The van der Waals surface area contributed by atoms with Gasteiger partial charge in [-0.15, -0.1) is 0 Å². The average molecular weight is 282 g/mol. The van der Waals surface area contributed by atoms with Crippen molar-refractivity contribution in [2.75, 3.05) is 6.54 Å². The molecule has 0 spiro atoms. The lowest BCUT2D eigenvalue weighted by molar-refractivity contribution is -0.150. The Bertz CT molecular complexity index is 364. The van der Waals surface area contributed by atoms with Gasteiger partial charge in [-0.3, -0.25) is 4.79 Å². The second-order valence-electron chi connectivity index (χ2n) is 6.36. The Hall–Kier alpha value is -1.26. The first-order valence-corrected chi connectivity index (χ1v) is 7.85. The summed E-state index contributed by atoms with van der Waals surface area (Å²) in [6, 6.07) is 0.0851. The zero-order chi connectivity index (χ0) is 14.6. The first kappa shape index (κ1) is 15.1. The van der Waals surface area contributed by atoms with Crippen molar-refractivity contribution in [3.05, 3.63) is 0 Å². The van der Waals surface area contributed by atoms with Crippen LogP contribution in [0.25, 0.3) is 0 Å². The third kappa shape index (κ3) is 3.64. The van der Waals surface area contributed by atoms with Crippen molar-refractivity contribution in [2.45, 2.75) is 64.3 Å². The van der Waals surface area contributed by atoms with Crippen LogP contribution in [0.3, 0.4) is 0 Å². The van der Waals surface area contributed by atoms with E-state index in [-0.39, 0.29) is 12.6 Å². The van der Waals surface area contributed by atoms with Crippen LogP contribution in [0, 0.1) is 11.3 Å². The van der Waals surface area contributed by atoms with Crippen molar-refractivity contribution in [3.63, 3.8) is 0 Å². The van der Waals surface area contributed by atoms with Gasteiger partial charge < -0.3 is 15.7 Å². The minimum atomic E-state index is -0.771. The van der Waals surface area contributed by atoms with Crippen molar-refractivity contribution in [1.82, 2.24) is 10.6 Å². The minimum Gasteiger partial charge on any atom is -0.481 e. The molecular formula is C15H26N2O3. The van der Waals surface area contributed by atoms with Gasteiger partial charge in [0.1, 0.15) is 0 Å². The first-order valence-electron chi connectivity index (χ1n) is 7.85. The molecule has 2 aliphatic carbocycles. The number of aliphatic carboxylic acids is 1. The van der Waals surface area contributed by atoms with Gasteiger partial charge in [-0.2, -0.15) is 0 Å². The molecule has 0 saturated heterocycles. The van der Waals surface area contributed by atoms with Crippen LogP contribution in [0.1, 0.15) is 58.3 Å². The summed E-state index contributed by atoms with van der Waals surface area (Å²) in [5.74, 6) is -0.151. The normalized spacial score (nSPS) is 27.6. The lowest BCUT2D eigenvalue weighted by atomic mass is 9.74. The van der Waals surface area contributed by atoms with Gasteiger partial charge in [0.15, 0.2) is 0 Å². The summed E-state index contributed by atoms with van der Waals surface area (Å²) in [4.78, 5) is 23.3. The topological polar surface area (TPSA) is 78.4 Å². The van der Waals surface area contributed by atoms with Crippen molar-refractivity contribution < 1.29 is 14.7 Å². The number of urea groups is 1. The summed E-state index contributed by atoms with van der Waals surface area (Å²) in [5.41, 5.74) is -0.748. The number of carboxylic acids is 1. The molecule has 2 atom stereocenters. The zero-order valence-electron chi connectivity index (χ0n) is 12.3. The van der Waals surface area contributed by atoms with E-state index in [1.165, 1.54) is 0 Å². The molecule has 0 aromatic carbocycles. The highest BCUT2D eigenvalue weighted by Gasteiger charge is 2.41. The molecule has 2 unspecified atom stereocenters. The predicted molar refractivity (Wildman–Crippen MR) is 76.5 cm³/mol. The highest BCUT2D eigenvalue weighted by atomic mass is 16.4. The van der Waals surface area contributed by atoms with Gasteiger partial charge >= 0.3 is 12.0 Å². The maximum atomic E-state index is 11.8. The summed E-state index contributed by atoms with van der Waals surface area (Å²) in [5, 5.41) is 15.2. The Kier molecular flexibility index (Phi) is 4.89. The lowest BCUT2D eigenvalue weighted by Gasteiger charge is -2.33. The smallest absolute Gasteiger partial charge is 0.315 e. The maximum Gasteiger partial charge on any atom is 0.315 e. The van der Waals surface area contributed by atoms with Crippen molar-refractivity contribution in [3.8, 4) is 0 Å². The molecule has 2 amide bonds. The lowest BCUT2D eigenvalue weighted by Crippen LogP contribution is -2.47. The van der Waals surface area contributed by atoms with Crippen LogP contribution >= 0.6 is 0 Å². The molecule has 2 aliphatic rings. The zero-order valence-corrected chi connectivity index (χ0v) is 12.3. The third-order valence-electron chi connectivity index (χ3n) is 4.75. The van der Waals surface area contributed by atoms with Gasteiger partial charge in [0.05, 0.1) is 5.41 Å². The molecule has 2 fully saturated rings. The fraction of sp³-hybridized carbons (Fsp3) is 0.867. The Morgan fingerprint density at radius 1 is 1.25 bits per heavy atom. The third-order valence-corrected chi connectivity index (χ3v) is 4.75. The molecule has 0 aromatic heterocycles. The highest BCUT2D eigenvalue weighted by Crippen LogP contribution is 2.36. The maximum absolute atomic E-state index is 11.8. The van der Waals surface area contributed by atoms with Crippen LogP contribution in [-0.4, -0.2) is 29.7 Å². The number of nitrogens with one attached hydrogen (secondary N) is 2. The van der Waals surface area contributed by atoms with Gasteiger partial charge in [-0.1, -0.05) is 32.6 Å².